The van der Waals surface area contributed by atoms with Gasteiger partial charge in [-0.2, -0.15) is 0 Å². The number of ketones is 1. The van der Waals surface area contributed by atoms with Crippen molar-refractivity contribution in [3.8, 4) is 0 Å². The van der Waals surface area contributed by atoms with Crippen molar-refractivity contribution in [2.45, 2.75) is 25.0 Å². The number of H-pyrrole nitrogens is 1. The van der Waals surface area contributed by atoms with Crippen LogP contribution in [-0.4, -0.2) is 19.2 Å². The fraction of sp³-hybridized carbons (Fsp3) is 0.190. The highest BCUT2D eigenvalue weighted by Gasteiger charge is 2.39. The first-order chi connectivity index (χ1) is 13.1. The van der Waals surface area contributed by atoms with Crippen LogP contribution in [0.1, 0.15) is 39.8 Å². The van der Waals surface area contributed by atoms with Crippen LogP contribution in [0.5, 0.6) is 0 Å². The van der Waals surface area contributed by atoms with E-state index in [1.165, 1.54) is 0 Å². The van der Waals surface area contributed by atoms with Crippen LogP contribution in [0.4, 0.5) is 0 Å². The molecule has 1 atom stereocenters. The van der Waals surface area contributed by atoms with Gasteiger partial charge in [-0.25, -0.2) is 13.6 Å². The molecule has 0 bridgehead atoms. The quantitative estimate of drug-likeness (QED) is 0.542. The van der Waals surface area contributed by atoms with E-state index in [2.05, 4.69) is 20.9 Å². The van der Waals surface area contributed by atoms with Crippen molar-refractivity contribution in [3.63, 3.8) is 0 Å². The van der Waals surface area contributed by atoms with Crippen molar-refractivity contribution in [3.05, 3.63) is 93.2 Å². The Hall–Kier alpha value is -2.22. The molecule has 1 heterocycles. The number of carbonyl (C=O) groups excluding carboxylic acids is 1. The van der Waals surface area contributed by atoms with Gasteiger partial charge in [0.2, 0.25) is 15.8 Å². The third-order valence-corrected chi connectivity index (χ3v) is 7.09. The van der Waals surface area contributed by atoms with Gasteiger partial charge >= 0.3 is 0 Å². The van der Waals surface area contributed by atoms with Crippen LogP contribution in [0, 0.1) is 6.92 Å². The fourth-order valence-electron chi connectivity index (χ4n) is 3.22. The summed E-state index contributed by atoms with van der Waals surface area (Å²) in [5.41, 5.74) is 3.08. The Labute approximate surface area is 173 Å². The molecule has 28 heavy (non-hydrogen) atoms. The molecular formula is C21H21BrN2O3S. The van der Waals surface area contributed by atoms with Gasteiger partial charge in [-0.1, -0.05) is 46.3 Å². The molecule has 3 rings (SSSR count). The summed E-state index contributed by atoms with van der Waals surface area (Å²) in [6, 6.07) is 17.7. The molecule has 0 saturated heterocycles. The SMILES string of the molecule is Cc1cc(Br)ccc1C(=O)c1ccc(CC(C)(c2ccccc2)S(N)(=O)=O)[nH]1. The third-order valence-electron chi connectivity index (χ3n) is 4.96. The lowest BCUT2D eigenvalue weighted by atomic mass is 9.95. The van der Waals surface area contributed by atoms with E-state index in [1.807, 2.05) is 25.1 Å². The van der Waals surface area contributed by atoms with E-state index >= 15 is 0 Å². The maximum Gasteiger partial charge on any atom is 0.219 e. The number of sulfonamides is 1. The number of primary sulfonamides is 1. The van der Waals surface area contributed by atoms with Gasteiger partial charge in [-0.05, 0) is 55.3 Å². The second kappa shape index (κ2) is 7.66. The molecule has 3 aromatic rings. The topological polar surface area (TPSA) is 93.0 Å². The average molecular weight is 461 g/mol. The lowest BCUT2D eigenvalue weighted by Crippen LogP contribution is -2.40. The van der Waals surface area contributed by atoms with Gasteiger partial charge in [0.25, 0.3) is 0 Å². The molecule has 0 radical (unpaired) electrons. The Morgan fingerprint density at radius 1 is 1.11 bits per heavy atom. The molecule has 0 aliphatic rings. The molecule has 0 spiro atoms. The summed E-state index contributed by atoms with van der Waals surface area (Å²) in [5.74, 6) is -0.145. The van der Waals surface area contributed by atoms with E-state index in [-0.39, 0.29) is 12.2 Å². The predicted molar refractivity (Wildman–Crippen MR) is 114 cm³/mol. The number of benzene rings is 2. The van der Waals surface area contributed by atoms with E-state index in [9.17, 15) is 13.2 Å². The van der Waals surface area contributed by atoms with Gasteiger partial charge in [0.15, 0.2) is 0 Å². The minimum absolute atomic E-state index is 0.127. The zero-order valence-corrected chi connectivity index (χ0v) is 18.0. The van der Waals surface area contributed by atoms with E-state index < -0.39 is 14.8 Å². The van der Waals surface area contributed by atoms with Gasteiger partial charge in [-0.3, -0.25) is 4.79 Å². The van der Waals surface area contributed by atoms with Crippen LogP contribution >= 0.6 is 15.9 Å². The molecular weight excluding hydrogens is 440 g/mol. The number of nitrogens with one attached hydrogen (secondary N) is 1. The molecule has 1 aromatic heterocycles. The highest BCUT2D eigenvalue weighted by molar-refractivity contribution is 9.10. The minimum Gasteiger partial charge on any atom is -0.356 e. The molecule has 1 unspecified atom stereocenters. The maximum atomic E-state index is 12.8. The first kappa shape index (κ1) is 20.5. The molecule has 0 amide bonds. The molecule has 146 valence electrons. The molecule has 0 aliphatic carbocycles. The highest BCUT2D eigenvalue weighted by Crippen LogP contribution is 2.32. The zero-order valence-electron chi connectivity index (χ0n) is 15.6. The lowest BCUT2D eigenvalue weighted by molar-refractivity contribution is 0.103. The van der Waals surface area contributed by atoms with Gasteiger partial charge in [0.05, 0.1) is 5.69 Å². The number of aromatic amines is 1. The first-order valence-corrected chi connectivity index (χ1v) is 11.0. The van der Waals surface area contributed by atoms with Gasteiger partial charge < -0.3 is 4.98 Å². The van der Waals surface area contributed by atoms with Crippen molar-refractivity contribution in [2.75, 3.05) is 0 Å². The van der Waals surface area contributed by atoms with E-state index in [1.54, 1.807) is 49.4 Å². The summed E-state index contributed by atoms with van der Waals surface area (Å²) in [4.78, 5) is 15.9. The number of rotatable bonds is 6. The molecule has 5 nitrogen and oxygen atoms in total. The fourth-order valence-corrected chi connectivity index (χ4v) is 4.52. The van der Waals surface area contributed by atoms with Crippen LogP contribution in [-0.2, 0) is 21.2 Å². The molecule has 0 fully saturated rings. The molecule has 3 N–H and O–H groups in total. The molecule has 2 aromatic carbocycles. The largest absolute Gasteiger partial charge is 0.356 e. The zero-order chi connectivity index (χ0) is 20.5. The average Bonchev–Trinajstić information content (AvgIpc) is 3.09. The van der Waals surface area contributed by atoms with Crippen molar-refractivity contribution < 1.29 is 13.2 Å². The Balaban J connectivity index is 1.94. The number of hydrogen-bond acceptors (Lipinski definition) is 3. The van der Waals surface area contributed by atoms with Crippen molar-refractivity contribution in [1.29, 1.82) is 0 Å². The second-order valence-electron chi connectivity index (χ2n) is 7.00. The van der Waals surface area contributed by atoms with E-state index in [0.29, 0.717) is 22.5 Å². The second-order valence-corrected chi connectivity index (χ2v) is 9.91. The van der Waals surface area contributed by atoms with Gasteiger partial charge in [-0.15, -0.1) is 0 Å². The summed E-state index contributed by atoms with van der Waals surface area (Å²) in [6.07, 6.45) is 0.127. The number of nitrogens with two attached hydrogens (primary N) is 1. The van der Waals surface area contributed by atoms with Crippen molar-refractivity contribution in [2.24, 2.45) is 5.14 Å². The number of hydrogen-bond donors (Lipinski definition) is 2. The minimum atomic E-state index is -3.90. The summed E-state index contributed by atoms with van der Waals surface area (Å²) in [7, 11) is -3.90. The maximum absolute atomic E-state index is 12.8. The summed E-state index contributed by atoms with van der Waals surface area (Å²) in [5, 5.41) is 5.57. The van der Waals surface area contributed by atoms with Gasteiger partial charge in [0.1, 0.15) is 4.75 Å². The Bertz CT molecular complexity index is 1120. The predicted octanol–water partition coefficient (Wildman–Crippen LogP) is 4.06. The van der Waals surface area contributed by atoms with Crippen LogP contribution in [0.25, 0.3) is 0 Å². The standard InChI is InChI=1S/C21H21BrN2O3S/c1-14-12-16(22)8-10-18(14)20(25)19-11-9-17(24-19)13-21(2,28(23,26)27)15-6-4-3-5-7-15/h3-12,24H,13H2,1-2H3,(H2,23,26,27). The lowest BCUT2D eigenvalue weighted by Gasteiger charge is -2.27. The Morgan fingerprint density at radius 3 is 2.39 bits per heavy atom. The highest BCUT2D eigenvalue weighted by atomic mass is 79.9. The summed E-state index contributed by atoms with van der Waals surface area (Å²) < 4.78 is 24.4. The van der Waals surface area contributed by atoms with Crippen LogP contribution < -0.4 is 5.14 Å². The Morgan fingerprint density at radius 2 is 1.79 bits per heavy atom. The molecule has 0 saturated carbocycles. The number of aryl methyl sites for hydroxylation is 1. The first-order valence-electron chi connectivity index (χ1n) is 8.68. The summed E-state index contributed by atoms with van der Waals surface area (Å²) in [6.45, 7) is 3.47. The van der Waals surface area contributed by atoms with E-state index in [4.69, 9.17) is 5.14 Å². The van der Waals surface area contributed by atoms with E-state index in [0.717, 1.165) is 10.0 Å². The summed E-state index contributed by atoms with van der Waals surface area (Å²) >= 11 is 3.39. The third kappa shape index (κ3) is 3.97. The molecule has 0 aliphatic heterocycles. The van der Waals surface area contributed by atoms with Crippen molar-refractivity contribution in [1.82, 2.24) is 4.98 Å². The smallest absolute Gasteiger partial charge is 0.219 e. The monoisotopic (exact) mass is 460 g/mol. The normalized spacial score (nSPS) is 13.9. The number of halogens is 1. The Kier molecular flexibility index (Phi) is 5.61. The van der Waals surface area contributed by atoms with Crippen LogP contribution in [0.2, 0.25) is 0 Å². The van der Waals surface area contributed by atoms with Crippen LogP contribution in [0.15, 0.2) is 65.1 Å². The number of aromatic nitrogens is 1. The molecule has 7 heteroatoms. The number of carbonyl (C=O) groups is 1. The van der Waals surface area contributed by atoms with Crippen LogP contribution in [0.3, 0.4) is 0 Å². The van der Waals surface area contributed by atoms with Crippen molar-refractivity contribution >= 4 is 31.7 Å². The van der Waals surface area contributed by atoms with Gasteiger partial charge in [0, 0.05) is 22.2 Å².